The number of esters is 1. The monoisotopic (exact) mass is 581 g/mol. The largest absolute Gasteiger partial charge is 0.422 e. The Balaban J connectivity index is 1.41. The van der Waals surface area contributed by atoms with E-state index in [0.717, 1.165) is 11.8 Å². The Kier molecular flexibility index (Phi) is 7.38. The summed E-state index contributed by atoms with van der Waals surface area (Å²) in [7, 11) is 0. The highest BCUT2D eigenvalue weighted by Gasteiger charge is 2.32. The second-order valence-corrected chi connectivity index (χ2v) is 10.2. The van der Waals surface area contributed by atoms with Crippen LogP contribution in [0.4, 0.5) is 11.4 Å². The van der Waals surface area contributed by atoms with Crippen LogP contribution < -0.4 is 5.32 Å². The number of amides is 1. The van der Waals surface area contributed by atoms with Crippen LogP contribution in [0.15, 0.2) is 59.8 Å². The Hall–Kier alpha value is -4.19. The summed E-state index contributed by atoms with van der Waals surface area (Å²) in [5, 5.41) is 21.9. The van der Waals surface area contributed by atoms with Crippen LogP contribution in [0.2, 0.25) is 10.0 Å². The van der Waals surface area contributed by atoms with Crippen molar-refractivity contribution >= 4 is 70.1 Å². The van der Waals surface area contributed by atoms with Crippen molar-refractivity contribution in [2.75, 3.05) is 11.1 Å². The summed E-state index contributed by atoms with van der Waals surface area (Å²) in [4.78, 5) is 40.6. The number of rotatable bonds is 7. The van der Waals surface area contributed by atoms with Crippen LogP contribution in [-0.4, -0.2) is 37.7 Å². The van der Waals surface area contributed by atoms with Gasteiger partial charge in [-0.15, -0.1) is 0 Å². The number of thioether (sulfide) groups is 1. The molecule has 3 heterocycles. The summed E-state index contributed by atoms with van der Waals surface area (Å²) >= 11 is 13.1. The van der Waals surface area contributed by atoms with Gasteiger partial charge in [0.25, 0.3) is 5.69 Å². The normalized spacial score (nSPS) is 13.3. The van der Waals surface area contributed by atoms with E-state index in [9.17, 15) is 19.7 Å². The van der Waals surface area contributed by atoms with Crippen LogP contribution >= 0.6 is 35.0 Å². The molecule has 196 valence electrons. The summed E-state index contributed by atoms with van der Waals surface area (Å²) < 4.78 is 5.57. The third kappa shape index (κ3) is 5.65. The Morgan fingerprint density at radius 3 is 2.82 bits per heavy atom. The van der Waals surface area contributed by atoms with Crippen LogP contribution in [0.3, 0.4) is 0 Å². The number of nitro groups is 1. The standard InChI is InChI=1S/C26H17Cl2N5O5S/c1-13-7-18-21(9-15-11-29-32-24(15)14-3-2-4-17(8-14)33(36)37)38-26(35)23(18)25(30-13)39-12-22(34)31-20-6-5-16(27)10-19(20)28/h2-11H,12H2,1H3,(H,29,32)(H,31,34)/b21-9+. The molecule has 0 fully saturated rings. The fraction of sp³-hybridized carbons (Fsp3) is 0.0769. The van der Waals surface area contributed by atoms with Crippen molar-refractivity contribution in [1.82, 2.24) is 15.2 Å². The van der Waals surface area contributed by atoms with Crippen molar-refractivity contribution in [2.24, 2.45) is 0 Å². The molecule has 10 nitrogen and oxygen atoms in total. The molecular weight excluding hydrogens is 565 g/mol. The van der Waals surface area contributed by atoms with Crippen molar-refractivity contribution in [3.05, 3.63) is 97.3 Å². The molecule has 0 bridgehead atoms. The van der Waals surface area contributed by atoms with E-state index in [1.807, 2.05) is 0 Å². The average Bonchev–Trinajstić information content (AvgIpc) is 3.48. The minimum atomic E-state index is -0.604. The smallest absolute Gasteiger partial charge is 0.347 e. The number of aryl methyl sites for hydroxylation is 1. The number of ether oxygens (including phenoxy) is 1. The quantitative estimate of drug-likeness (QED) is 0.111. The van der Waals surface area contributed by atoms with Crippen molar-refractivity contribution in [1.29, 1.82) is 0 Å². The topological polar surface area (TPSA) is 140 Å². The number of non-ortho nitro benzene ring substituents is 1. The molecule has 0 saturated carbocycles. The number of nitrogens with one attached hydrogen (secondary N) is 2. The molecule has 0 aliphatic carbocycles. The molecule has 13 heteroatoms. The summed E-state index contributed by atoms with van der Waals surface area (Å²) in [5.74, 6) is -0.712. The molecule has 5 rings (SSSR count). The number of hydrogen-bond acceptors (Lipinski definition) is 8. The van der Waals surface area contributed by atoms with Gasteiger partial charge in [-0.3, -0.25) is 20.0 Å². The van der Waals surface area contributed by atoms with Gasteiger partial charge in [0.1, 0.15) is 16.3 Å². The third-order valence-corrected chi connectivity index (χ3v) is 7.16. The van der Waals surface area contributed by atoms with Gasteiger partial charge in [0.15, 0.2) is 0 Å². The number of nitro benzene ring substituents is 1. The summed E-state index contributed by atoms with van der Waals surface area (Å²) in [5.41, 5.74) is 3.36. The molecule has 0 saturated heterocycles. The number of fused-ring (bicyclic) bond motifs is 1. The first-order valence-corrected chi connectivity index (χ1v) is 13.1. The molecule has 1 amide bonds. The van der Waals surface area contributed by atoms with Crippen molar-refractivity contribution in [3.63, 3.8) is 0 Å². The van der Waals surface area contributed by atoms with Gasteiger partial charge in [-0.25, -0.2) is 9.78 Å². The maximum absolute atomic E-state index is 12.9. The minimum absolute atomic E-state index is 0.0349. The van der Waals surface area contributed by atoms with E-state index in [-0.39, 0.29) is 28.7 Å². The fourth-order valence-corrected chi connectivity index (χ4v) is 5.26. The molecule has 1 aliphatic rings. The number of aromatic amines is 1. The van der Waals surface area contributed by atoms with Gasteiger partial charge in [-0.05, 0) is 37.3 Å². The second-order valence-electron chi connectivity index (χ2n) is 8.36. The number of hydrogen-bond donors (Lipinski definition) is 2. The Morgan fingerprint density at radius 2 is 2.05 bits per heavy atom. The predicted molar refractivity (Wildman–Crippen MR) is 149 cm³/mol. The number of aromatic nitrogens is 3. The molecule has 1 aliphatic heterocycles. The molecule has 2 N–H and O–H groups in total. The highest BCUT2D eigenvalue weighted by Crippen LogP contribution is 2.38. The molecule has 0 radical (unpaired) electrons. The fourth-order valence-electron chi connectivity index (χ4n) is 3.92. The molecule has 0 unspecified atom stereocenters. The lowest BCUT2D eigenvalue weighted by Gasteiger charge is -2.09. The van der Waals surface area contributed by atoms with E-state index < -0.39 is 10.9 Å². The van der Waals surface area contributed by atoms with E-state index >= 15 is 0 Å². The molecule has 2 aromatic heterocycles. The van der Waals surface area contributed by atoms with E-state index in [4.69, 9.17) is 27.9 Å². The summed E-state index contributed by atoms with van der Waals surface area (Å²) in [6.45, 7) is 1.77. The number of cyclic esters (lactones) is 1. The maximum atomic E-state index is 12.9. The van der Waals surface area contributed by atoms with Gasteiger partial charge in [0.05, 0.1) is 33.3 Å². The maximum Gasteiger partial charge on any atom is 0.347 e. The lowest BCUT2D eigenvalue weighted by atomic mass is 10.0. The molecule has 4 aromatic rings. The van der Waals surface area contributed by atoms with Crippen LogP contribution in [0.1, 0.15) is 27.2 Å². The average molecular weight is 582 g/mol. The molecule has 0 atom stereocenters. The number of H-pyrrole nitrogens is 1. The van der Waals surface area contributed by atoms with Crippen LogP contribution in [0, 0.1) is 17.0 Å². The van der Waals surface area contributed by atoms with Crippen LogP contribution in [-0.2, 0) is 9.53 Å². The van der Waals surface area contributed by atoms with Crippen molar-refractivity contribution in [2.45, 2.75) is 11.9 Å². The number of anilines is 1. The SMILES string of the molecule is Cc1cc2c(c(SCC(=O)Nc3ccc(Cl)cc3Cl)n1)C(=O)O/C2=C/c1cn[nH]c1-c1cccc([N+](=O)[O-])c1. The zero-order valence-electron chi connectivity index (χ0n) is 20.0. The van der Waals surface area contributed by atoms with Gasteiger partial charge in [0, 0.05) is 39.5 Å². The predicted octanol–water partition coefficient (Wildman–Crippen LogP) is 6.39. The molecule has 39 heavy (non-hydrogen) atoms. The third-order valence-electron chi connectivity index (χ3n) is 5.63. The lowest BCUT2D eigenvalue weighted by molar-refractivity contribution is -0.384. The van der Waals surface area contributed by atoms with E-state index in [0.29, 0.717) is 48.8 Å². The second kappa shape index (κ2) is 10.9. The number of pyridine rings is 1. The van der Waals surface area contributed by atoms with Crippen molar-refractivity contribution in [3.8, 4) is 11.3 Å². The van der Waals surface area contributed by atoms with Crippen LogP contribution in [0.25, 0.3) is 23.1 Å². The van der Waals surface area contributed by atoms with Crippen LogP contribution in [0.5, 0.6) is 0 Å². The number of benzene rings is 2. The van der Waals surface area contributed by atoms with E-state index in [2.05, 4.69) is 20.5 Å². The van der Waals surface area contributed by atoms with Gasteiger partial charge in [0.2, 0.25) is 5.91 Å². The van der Waals surface area contributed by atoms with Gasteiger partial charge < -0.3 is 10.1 Å². The van der Waals surface area contributed by atoms with E-state index in [1.54, 1.807) is 43.3 Å². The molecular formula is C26H17Cl2N5O5S. The van der Waals surface area contributed by atoms with Gasteiger partial charge in [-0.2, -0.15) is 5.10 Å². The highest BCUT2D eigenvalue weighted by atomic mass is 35.5. The summed E-state index contributed by atoms with van der Waals surface area (Å²) in [6, 6.07) is 12.6. The lowest BCUT2D eigenvalue weighted by Crippen LogP contribution is -2.15. The first-order chi connectivity index (χ1) is 18.7. The Bertz CT molecular complexity index is 1690. The molecule has 0 spiro atoms. The van der Waals surface area contributed by atoms with E-state index in [1.165, 1.54) is 24.4 Å². The van der Waals surface area contributed by atoms with Crippen molar-refractivity contribution < 1.29 is 19.2 Å². The first kappa shape index (κ1) is 26.4. The number of halogens is 2. The van der Waals surface area contributed by atoms with Gasteiger partial charge in [-0.1, -0.05) is 47.1 Å². The van der Waals surface area contributed by atoms with Gasteiger partial charge >= 0.3 is 5.97 Å². The zero-order valence-corrected chi connectivity index (χ0v) is 22.4. The minimum Gasteiger partial charge on any atom is -0.422 e. The number of carbonyl (C=O) groups excluding carboxylic acids is 2. The number of carbonyl (C=O) groups is 2. The summed E-state index contributed by atoms with van der Waals surface area (Å²) in [6.07, 6.45) is 3.16. The number of nitrogens with zero attached hydrogens (tertiary/aromatic N) is 3. The zero-order chi connectivity index (χ0) is 27.7. The Morgan fingerprint density at radius 1 is 1.23 bits per heavy atom. The highest BCUT2D eigenvalue weighted by molar-refractivity contribution is 8.00. The Labute approximate surface area is 235 Å². The first-order valence-electron chi connectivity index (χ1n) is 11.3. The molecule has 2 aromatic carbocycles.